The van der Waals surface area contributed by atoms with Crippen molar-refractivity contribution in [3.05, 3.63) is 40.1 Å². The Hall–Kier alpha value is -1.39. The number of aromatic nitrogens is 2. The number of benzene rings is 1. The van der Waals surface area contributed by atoms with E-state index in [0.717, 1.165) is 17.3 Å². The van der Waals surface area contributed by atoms with Gasteiger partial charge in [0.25, 0.3) is 0 Å². The SMILES string of the molecule is CN(C)c1ncc(CNc2ccc(Cl)cc2Cl)n1C. The number of halogens is 2. The van der Waals surface area contributed by atoms with Gasteiger partial charge < -0.3 is 14.8 Å². The van der Waals surface area contributed by atoms with Crippen molar-refractivity contribution in [2.45, 2.75) is 6.54 Å². The number of nitrogens with zero attached hydrogens (tertiary/aromatic N) is 3. The lowest BCUT2D eigenvalue weighted by atomic mass is 10.3. The van der Waals surface area contributed by atoms with Crippen LogP contribution in [0, 0.1) is 0 Å². The highest BCUT2D eigenvalue weighted by Crippen LogP contribution is 2.26. The zero-order valence-electron chi connectivity index (χ0n) is 11.1. The van der Waals surface area contributed by atoms with Gasteiger partial charge in [0.2, 0.25) is 5.95 Å². The van der Waals surface area contributed by atoms with Gasteiger partial charge in [-0.25, -0.2) is 4.98 Å². The minimum Gasteiger partial charge on any atom is -0.378 e. The molecule has 0 bridgehead atoms. The topological polar surface area (TPSA) is 33.1 Å². The Morgan fingerprint density at radius 1 is 1.32 bits per heavy atom. The van der Waals surface area contributed by atoms with Crippen LogP contribution in [0.4, 0.5) is 11.6 Å². The second kappa shape index (κ2) is 5.72. The highest BCUT2D eigenvalue weighted by atomic mass is 35.5. The molecule has 19 heavy (non-hydrogen) atoms. The van der Waals surface area contributed by atoms with E-state index in [-0.39, 0.29) is 0 Å². The van der Waals surface area contributed by atoms with Crippen molar-refractivity contribution in [2.75, 3.05) is 24.3 Å². The number of anilines is 2. The van der Waals surface area contributed by atoms with Gasteiger partial charge in [-0.2, -0.15) is 0 Å². The molecule has 4 nitrogen and oxygen atoms in total. The zero-order chi connectivity index (χ0) is 14.0. The molecule has 1 aromatic heterocycles. The zero-order valence-corrected chi connectivity index (χ0v) is 12.6. The van der Waals surface area contributed by atoms with Crippen molar-refractivity contribution in [3.63, 3.8) is 0 Å². The Morgan fingerprint density at radius 2 is 2.05 bits per heavy atom. The molecule has 6 heteroatoms. The lowest BCUT2D eigenvalue weighted by Gasteiger charge is -2.13. The summed E-state index contributed by atoms with van der Waals surface area (Å²) in [6.45, 7) is 0.651. The molecule has 0 atom stereocenters. The van der Waals surface area contributed by atoms with E-state index in [1.165, 1.54) is 0 Å². The van der Waals surface area contributed by atoms with E-state index in [2.05, 4.69) is 10.3 Å². The highest BCUT2D eigenvalue weighted by Gasteiger charge is 2.08. The van der Waals surface area contributed by atoms with Gasteiger partial charge >= 0.3 is 0 Å². The molecular formula is C13H16Cl2N4. The van der Waals surface area contributed by atoms with Crippen LogP contribution in [-0.4, -0.2) is 23.6 Å². The second-order valence-electron chi connectivity index (χ2n) is 4.48. The molecule has 0 amide bonds. The van der Waals surface area contributed by atoms with Crippen molar-refractivity contribution in [1.82, 2.24) is 9.55 Å². The van der Waals surface area contributed by atoms with Crippen LogP contribution >= 0.6 is 23.2 Å². The molecule has 1 N–H and O–H groups in total. The van der Waals surface area contributed by atoms with Gasteiger partial charge in [-0.3, -0.25) is 0 Å². The van der Waals surface area contributed by atoms with Crippen molar-refractivity contribution in [3.8, 4) is 0 Å². The second-order valence-corrected chi connectivity index (χ2v) is 5.32. The standard InChI is InChI=1S/C13H16Cl2N4/c1-18(2)13-17-8-10(19(13)3)7-16-12-5-4-9(14)6-11(12)15/h4-6,8,16H,7H2,1-3H3. The summed E-state index contributed by atoms with van der Waals surface area (Å²) in [5, 5.41) is 4.52. The van der Waals surface area contributed by atoms with E-state index in [1.54, 1.807) is 6.07 Å². The van der Waals surface area contributed by atoms with E-state index in [0.29, 0.717) is 16.6 Å². The molecule has 0 aliphatic heterocycles. The normalized spacial score (nSPS) is 10.6. The molecular weight excluding hydrogens is 283 g/mol. The summed E-state index contributed by atoms with van der Waals surface area (Å²) in [7, 11) is 5.92. The molecule has 0 radical (unpaired) electrons. The Bertz CT molecular complexity index is 578. The maximum absolute atomic E-state index is 6.11. The van der Waals surface area contributed by atoms with Crippen LogP contribution in [0.5, 0.6) is 0 Å². The Morgan fingerprint density at radius 3 is 2.63 bits per heavy atom. The molecule has 2 rings (SSSR count). The van der Waals surface area contributed by atoms with Crippen LogP contribution in [-0.2, 0) is 13.6 Å². The third kappa shape index (κ3) is 3.14. The summed E-state index contributed by atoms with van der Waals surface area (Å²) < 4.78 is 2.04. The summed E-state index contributed by atoms with van der Waals surface area (Å²) in [6, 6.07) is 5.40. The fraction of sp³-hybridized carbons (Fsp3) is 0.308. The summed E-state index contributed by atoms with van der Waals surface area (Å²) in [5.41, 5.74) is 1.94. The molecule has 0 unspecified atom stereocenters. The van der Waals surface area contributed by atoms with Crippen LogP contribution in [0.1, 0.15) is 5.69 Å². The lowest BCUT2D eigenvalue weighted by molar-refractivity contribution is 0.814. The van der Waals surface area contributed by atoms with Gasteiger partial charge in [-0.05, 0) is 18.2 Å². The third-order valence-corrected chi connectivity index (χ3v) is 3.40. The number of hydrogen-bond acceptors (Lipinski definition) is 3. The average Bonchev–Trinajstić information content (AvgIpc) is 2.70. The summed E-state index contributed by atoms with van der Waals surface area (Å²) in [5.74, 6) is 0.916. The van der Waals surface area contributed by atoms with E-state index in [1.807, 2.05) is 48.9 Å². The van der Waals surface area contributed by atoms with Crippen molar-refractivity contribution < 1.29 is 0 Å². The molecule has 1 aromatic carbocycles. The fourth-order valence-electron chi connectivity index (χ4n) is 1.83. The summed E-state index contributed by atoms with van der Waals surface area (Å²) >= 11 is 12.0. The largest absolute Gasteiger partial charge is 0.378 e. The monoisotopic (exact) mass is 298 g/mol. The van der Waals surface area contributed by atoms with Gasteiger partial charge in [0.1, 0.15) is 0 Å². The third-order valence-electron chi connectivity index (χ3n) is 2.85. The minimum absolute atomic E-state index is 0.613. The van der Waals surface area contributed by atoms with Gasteiger partial charge in [0.15, 0.2) is 0 Å². The van der Waals surface area contributed by atoms with Gasteiger partial charge in [-0.1, -0.05) is 23.2 Å². The van der Waals surface area contributed by atoms with Crippen LogP contribution in [0.25, 0.3) is 0 Å². The van der Waals surface area contributed by atoms with Gasteiger partial charge in [0.05, 0.1) is 29.1 Å². The first-order chi connectivity index (χ1) is 8.99. The van der Waals surface area contributed by atoms with Crippen LogP contribution in [0.3, 0.4) is 0 Å². The molecule has 2 aromatic rings. The molecule has 0 saturated heterocycles. The van der Waals surface area contributed by atoms with Crippen molar-refractivity contribution in [1.29, 1.82) is 0 Å². The van der Waals surface area contributed by atoms with Gasteiger partial charge in [-0.15, -0.1) is 0 Å². The van der Waals surface area contributed by atoms with E-state index < -0.39 is 0 Å². The highest BCUT2D eigenvalue weighted by molar-refractivity contribution is 6.36. The van der Waals surface area contributed by atoms with Crippen LogP contribution in [0.2, 0.25) is 10.0 Å². The number of rotatable bonds is 4. The molecule has 102 valence electrons. The number of imidazole rings is 1. The van der Waals surface area contributed by atoms with Crippen molar-refractivity contribution >= 4 is 34.8 Å². The molecule has 0 aliphatic carbocycles. The Kier molecular flexibility index (Phi) is 4.22. The fourth-order valence-corrected chi connectivity index (χ4v) is 2.31. The summed E-state index contributed by atoms with van der Waals surface area (Å²) in [4.78, 5) is 6.33. The first-order valence-electron chi connectivity index (χ1n) is 5.86. The van der Waals surface area contributed by atoms with Crippen LogP contribution < -0.4 is 10.2 Å². The molecule has 0 aliphatic rings. The number of hydrogen-bond donors (Lipinski definition) is 1. The smallest absolute Gasteiger partial charge is 0.204 e. The first-order valence-corrected chi connectivity index (χ1v) is 6.61. The molecule has 0 fully saturated rings. The Labute approximate surface area is 123 Å². The first kappa shape index (κ1) is 14.0. The molecule has 0 saturated carbocycles. The maximum atomic E-state index is 6.11. The minimum atomic E-state index is 0.613. The van der Waals surface area contributed by atoms with Crippen molar-refractivity contribution in [2.24, 2.45) is 7.05 Å². The maximum Gasteiger partial charge on any atom is 0.204 e. The average molecular weight is 299 g/mol. The quantitative estimate of drug-likeness (QED) is 0.939. The molecule has 0 spiro atoms. The predicted octanol–water partition coefficient (Wildman–Crippen LogP) is 3.41. The van der Waals surface area contributed by atoms with E-state index in [9.17, 15) is 0 Å². The number of nitrogens with one attached hydrogen (secondary N) is 1. The van der Waals surface area contributed by atoms with Crippen LogP contribution in [0.15, 0.2) is 24.4 Å². The molecule has 1 heterocycles. The predicted molar refractivity (Wildman–Crippen MR) is 81.3 cm³/mol. The summed E-state index contributed by atoms with van der Waals surface area (Å²) in [6.07, 6.45) is 1.85. The Balaban J connectivity index is 2.10. The van der Waals surface area contributed by atoms with E-state index >= 15 is 0 Å². The lowest BCUT2D eigenvalue weighted by Crippen LogP contribution is -2.15. The van der Waals surface area contributed by atoms with Gasteiger partial charge in [0, 0.05) is 26.2 Å². The van der Waals surface area contributed by atoms with E-state index in [4.69, 9.17) is 23.2 Å².